The lowest BCUT2D eigenvalue weighted by atomic mass is 9.93. The number of ether oxygens (including phenoxy) is 7. The lowest BCUT2D eigenvalue weighted by Crippen LogP contribution is -2.73. The van der Waals surface area contributed by atoms with Crippen LogP contribution >= 0.6 is 0 Å². The van der Waals surface area contributed by atoms with Gasteiger partial charge in [-0.25, -0.2) is 0 Å². The lowest BCUT2D eigenvalue weighted by molar-refractivity contribution is -0.464. The highest BCUT2D eigenvalue weighted by Gasteiger charge is 2.63. The molecule has 0 aromatic carbocycles. The molecule has 0 saturated carbocycles. The molecule has 2 fully saturated rings. The van der Waals surface area contributed by atoms with Crippen molar-refractivity contribution in [2.24, 2.45) is 0 Å². The van der Waals surface area contributed by atoms with Crippen LogP contribution in [0.3, 0.4) is 0 Å². The zero-order chi connectivity index (χ0) is 18.1. The van der Waals surface area contributed by atoms with E-state index < -0.39 is 48.1 Å². The Morgan fingerprint density at radius 2 is 1.58 bits per heavy atom. The Balaban J connectivity index is 2.43. The first kappa shape index (κ1) is 19.1. The highest BCUT2D eigenvalue weighted by atomic mass is 16.8. The molecule has 0 aromatic heterocycles. The van der Waals surface area contributed by atoms with Gasteiger partial charge in [0.25, 0.3) is 0 Å². The third-order valence-corrected chi connectivity index (χ3v) is 3.85. The summed E-state index contributed by atoms with van der Waals surface area (Å²) in [6.07, 6.45) is -3.92. The summed E-state index contributed by atoms with van der Waals surface area (Å²) in [5.74, 6) is -3.46. The summed E-state index contributed by atoms with van der Waals surface area (Å²) in [6.45, 7) is 5.93. The maximum absolute atomic E-state index is 11.6. The Hall–Kier alpha value is -1.26. The Morgan fingerprint density at radius 3 is 2.08 bits per heavy atom. The van der Waals surface area contributed by atoms with E-state index in [9.17, 15) is 9.59 Å². The molecule has 0 unspecified atom stereocenters. The molecule has 0 N–H and O–H groups in total. The van der Waals surface area contributed by atoms with Crippen molar-refractivity contribution < 1.29 is 42.7 Å². The van der Waals surface area contributed by atoms with Crippen molar-refractivity contribution in [3.05, 3.63) is 0 Å². The predicted octanol–water partition coefficient (Wildman–Crippen LogP) is 0.347. The van der Waals surface area contributed by atoms with E-state index in [1.54, 1.807) is 13.8 Å². The van der Waals surface area contributed by atoms with Gasteiger partial charge in [-0.2, -0.15) is 0 Å². The normalized spacial score (nSPS) is 38.1. The van der Waals surface area contributed by atoms with E-state index in [0.717, 1.165) is 0 Å². The van der Waals surface area contributed by atoms with Crippen LogP contribution in [-0.4, -0.2) is 68.9 Å². The summed E-state index contributed by atoms with van der Waals surface area (Å²) in [4.78, 5) is 23.1. The molecule has 5 atom stereocenters. The number of carbonyl (C=O) groups excluding carboxylic acids is 2. The standard InChI is InChI=1S/C15H24O9/c1-8(16)21-10-11(22-9(2)17)13(18-5)24-15(19-6)7-20-14(3,4)23-12(10)15/h10-13H,7H2,1-6H3/t10-,11-,12-,13-,15-/m1/s1. The highest BCUT2D eigenvalue weighted by Crippen LogP contribution is 2.42. The number of fused-ring (bicyclic) bond motifs is 1. The van der Waals surface area contributed by atoms with Crippen molar-refractivity contribution in [2.45, 2.75) is 63.9 Å². The molecule has 2 aliphatic rings. The monoisotopic (exact) mass is 348 g/mol. The second-order valence-corrected chi connectivity index (χ2v) is 6.11. The number of esters is 2. The van der Waals surface area contributed by atoms with Gasteiger partial charge in [0, 0.05) is 28.1 Å². The Morgan fingerprint density at radius 1 is 1.00 bits per heavy atom. The lowest BCUT2D eigenvalue weighted by Gasteiger charge is -2.54. The highest BCUT2D eigenvalue weighted by molar-refractivity contribution is 5.67. The number of hydrogen-bond acceptors (Lipinski definition) is 9. The minimum atomic E-state index is -1.37. The van der Waals surface area contributed by atoms with Gasteiger partial charge in [-0.1, -0.05) is 0 Å². The fraction of sp³-hybridized carbons (Fsp3) is 0.867. The van der Waals surface area contributed by atoms with E-state index in [1.165, 1.54) is 28.1 Å². The molecule has 2 aliphatic heterocycles. The van der Waals surface area contributed by atoms with Gasteiger partial charge in [-0.15, -0.1) is 0 Å². The van der Waals surface area contributed by atoms with E-state index in [2.05, 4.69) is 0 Å². The number of methoxy groups -OCH3 is 2. The summed E-state index contributed by atoms with van der Waals surface area (Å²) < 4.78 is 38.8. The minimum Gasteiger partial charge on any atom is -0.455 e. The molecule has 2 rings (SSSR count). The largest absolute Gasteiger partial charge is 0.455 e. The first-order chi connectivity index (χ1) is 11.1. The predicted molar refractivity (Wildman–Crippen MR) is 77.6 cm³/mol. The number of rotatable bonds is 4. The van der Waals surface area contributed by atoms with Gasteiger partial charge in [0.05, 0.1) is 0 Å². The van der Waals surface area contributed by atoms with Crippen LogP contribution in [0.4, 0.5) is 0 Å². The van der Waals surface area contributed by atoms with E-state index in [4.69, 9.17) is 33.2 Å². The molecule has 9 heteroatoms. The molecule has 9 nitrogen and oxygen atoms in total. The molecular formula is C15H24O9. The fourth-order valence-corrected chi connectivity index (χ4v) is 2.84. The Kier molecular flexibility index (Phi) is 5.50. The first-order valence-corrected chi connectivity index (χ1v) is 7.56. The van der Waals surface area contributed by atoms with Crippen molar-refractivity contribution in [3.63, 3.8) is 0 Å². The van der Waals surface area contributed by atoms with Gasteiger partial charge >= 0.3 is 11.9 Å². The summed E-state index contributed by atoms with van der Waals surface area (Å²) in [7, 11) is 2.80. The van der Waals surface area contributed by atoms with Gasteiger partial charge in [-0.05, 0) is 13.8 Å². The summed E-state index contributed by atoms with van der Waals surface area (Å²) in [6, 6.07) is 0. The SMILES string of the molecule is CO[C@@H]1O[C@]2(OC)COC(C)(C)O[C@@H]2[C@H](OC(C)=O)[C@H]1OC(C)=O. The molecule has 24 heavy (non-hydrogen) atoms. The van der Waals surface area contributed by atoms with Crippen LogP contribution in [0.2, 0.25) is 0 Å². The van der Waals surface area contributed by atoms with E-state index in [0.29, 0.717) is 0 Å². The van der Waals surface area contributed by atoms with Gasteiger partial charge in [0.1, 0.15) is 6.61 Å². The maximum Gasteiger partial charge on any atom is 0.303 e. The second kappa shape index (κ2) is 6.93. The van der Waals surface area contributed by atoms with E-state index in [-0.39, 0.29) is 6.61 Å². The fourth-order valence-electron chi connectivity index (χ4n) is 2.84. The molecule has 0 aliphatic carbocycles. The van der Waals surface area contributed by atoms with E-state index in [1.807, 2.05) is 0 Å². The number of carbonyl (C=O) groups is 2. The number of hydrogen-bond donors (Lipinski definition) is 0. The Labute approximate surface area is 140 Å². The quantitative estimate of drug-likeness (QED) is 0.666. The molecule has 0 bridgehead atoms. The first-order valence-electron chi connectivity index (χ1n) is 7.56. The van der Waals surface area contributed by atoms with Crippen molar-refractivity contribution in [1.29, 1.82) is 0 Å². The van der Waals surface area contributed by atoms with Crippen LogP contribution in [0.1, 0.15) is 27.7 Å². The van der Waals surface area contributed by atoms with Crippen LogP contribution in [0.5, 0.6) is 0 Å². The molecule has 2 heterocycles. The minimum absolute atomic E-state index is 0.0194. The van der Waals surface area contributed by atoms with Crippen molar-refractivity contribution in [2.75, 3.05) is 20.8 Å². The average molecular weight is 348 g/mol. The van der Waals surface area contributed by atoms with Crippen LogP contribution in [-0.2, 0) is 42.7 Å². The van der Waals surface area contributed by atoms with Gasteiger partial charge in [0.2, 0.25) is 12.1 Å². The van der Waals surface area contributed by atoms with Crippen molar-refractivity contribution >= 4 is 11.9 Å². The zero-order valence-electron chi connectivity index (χ0n) is 14.7. The summed E-state index contributed by atoms with van der Waals surface area (Å²) in [5.41, 5.74) is 0. The van der Waals surface area contributed by atoms with E-state index >= 15 is 0 Å². The molecular weight excluding hydrogens is 324 g/mol. The van der Waals surface area contributed by atoms with Gasteiger partial charge in [0.15, 0.2) is 24.1 Å². The molecule has 0 amide bonds. The third-order valence-electron chi connectivity index (χ3n) is 3.85. The van der Waals surface area contributed by atoms with Crippen LogP contribution in [0.25, 0.3) is 0 Å². The molecule has 2 saturated heterocycles. The third kappa shape index (κ3) is 3.70. The maximum atomic E-state index is 11.6. The van der Waals surface area contributed by atoms with Gasteiger partial charge in [-0.3, -0.25) is 9.59 Å². The molecule has 0 spiro atoms. The van der Waals surface area contributed by atoms with Crippen LogP contribution in [0, 0.1) is 0 Å². The van der Waals surface area contributed by atoms with Crippen molar-refractivity contribution in [1.82, 2.24) is 0 Å². The van der Waals surface area contributed by atoms with Crippen molar-refractivity contribution in [3.8, 4) is 0 Å². The topological polar surface area (TPSA) is 98.8 Å². The van der Waals surface area contributed by atoms with Crippen LogP contribution in [0.15, 0.2) is 0 Å². The molecule has 138 valence electrons. The Bertz CT molecular complexity index is 491. The molecule has 0 radical (unpaired) electrons. The second-order valence-electron chi connectivity index (χ2n) is 6.11. The van der Waals surface area contributed by atoms with Gasteiger partial charge < -0.3 is 33.2 Å². The zero-order valence-corrected chi connectivity index (χ0v) is 14.7. The van der Waals surface area contributed by atoms with Crippen LogP contribution < -0.4 is 0 Å². The smallest absolute Gasteiger partial charge is 0.303 e. The average Bonchev–Trinajstić information content (AvgIpc) is 2.48. The molecule has 0 aromatic rings. The summed E-state index contributed by atoms with van der Waals surface area (Å²) >= 11 is 0. The summed E-state index contributed by atoms with van der Waals surface area (Å²) in [5, 5.41) is 0.